The van der Waals surface area contributed by atoms with Gasteiger partial charge in [0.1, 0.15) is 0 Å². The van der Waals surface area contributed by atoms with Crippen molar-refractivity contribution in [3.63, 3.8) is 0 Å². The van der Waals surface area contributed by atoms with Crippen LogP contribution in [0.5, 0.6) is 0 Å². The van der Waals surface area contributed by atoms with Crippen LogP contribution in [0.25, 0.3) is 90.9 Å². The summed E-state index contributed by atoms with van der Waals surface area (Å²) in [5.74, 6) is 0. The minimum atomic E-state index is 0.194. The Hall–Kier alpha value is -5.42. The Morgan fingerprint density at radius 1 is 0.333 bits per heavy atom. The number of aromatic nitrogens is 4. The maximum atomic E-state index is 5.35. The number of H-pyrrole nitrogens is 2. The second kappa shape index (κ2) is 14.8. The molecule has 0 radical (unpaired) electrons. The van der Waals surface area contributed by atoms with E-state index in [1.807, 2.05) is 24.3 Å². The summed E-state index contributed by atoms with van der Waals surface area (Å²) in [4.78, 5) is 18.3. The maximum absolute atomic E-state index is 5.35. The minimum absolute atomic E-state index is 0.194. The summed E-state index contributed by atoms with van der Waals surface area (Å²) in [5.41, 5.74) is 16.2. The Morgan fingerprint density at radius 3 is 0.765 bits per heavy atom. The molecule has 0 saturated heterocycles. The van der Waals surface area contributed by atoms with Gasteiger partial charge in [-0.2, -0.15) is 0 Å². The normalized spacial score (nSPS) is 11.7. The molecule has 0 aliphatic carbocycles. The van der Waals surface area contributed by atoms with E-state index in [1.54, 1.807) is 0 Å². The molecule has 7 heteroatoms. The zero-order valence-electron chi connectivity index (χ0n) is 27.2. The molecule has 8 bridgehead atoms. The van der Waals surface area contributed by atoms with E-state index in [2.05, 4.69) is 156 Å². The molecule has 3 aromatic heterocycles. The summed E-state index contributed by atoms with van der Waals surface area (Å²) >= 11 is 0.194. The molecule has 0 unspecified atom stereocenters. The summed E-state index contributed by atoms with van der Waals surface area (Å²) in [7, 11) is 9.53. The van der Waals surface area contributed by atoms with Gasteiger partial charge in [0.05, 0.1) is 22.8 Å². The molecular weight excluding hydrogens is 711 g/mol. The Kier molecular flexibility index (Phi) is 9.52. The molecule has 9 rings (SSSR count). The van der Waals surface area contributed by atoms with Gasteiger partial charge in [0, 0.05) is 44.3 Å². The number of benzene rings is 4. The molecule has 2 aliphatic heterocycles. The molecule has 2 aliphatic rings. The average molecular weight is 742 g/mol. The van der Waals surface area contributed by atoms with Crippen LogP contribution in [0.15, 0.2) is 146 Å². The first-order chi connectivity index (χ1) is 25.2. The number of hydrogen-bond donors (Lipinski definition) is 2. The van der Waals surface area contributed by atoms with E-state index in [1.165, 1.54) is 0 Å². The predicted octanol–water partition coefficient (Wildman–Crippen LogP) is 12.7. The van der Waals surface area contributed by atoms with Gasteiger partial charge >= 0.3 is 33.3 Å². The summed E-state index contributed by atoms with van der Waals surface area (Å²) in [6, 6.07) is 50.7. The second-order valence-corrected chi connectivity index (χ2v) is 13.8. The van der Waals surface area contributed by atoms with E-state index in [9.17, 15) is 0 Å². The average Bonchev–Trinajstić information content (AvgIpc) is 4.02. The van der Waals surface area contributed by atoms with Gasteiger partial charge in [0.2, 0.25) is 0 Å². The van der Waals surface area contributed by atoms with Crippen molar-refractivity contribution in [3.05, 3.63) is 168 Å². The summed E-state index contributed by atoms with van der Waals surface area (Å²) in [6.45, 7) is 0. The number of nitrogens with one attached hydrogen (secondary N) is 2. The molecule has 0 amide bonds. The van der Waals surface area contributed by atoms with Crippen molar-refractivity contribution in [3.8, 4) is 44.5 Å². The van der Waals surface area contributed by atoms with Crippen molar-refractivity contribution >= 4 is 66.6 Å². The number of halogens is 2. The SMILES string of the molecule is C1=Cc2nc1c(-c1ccccc1)c1ccc([nH]1)c(-c1ccccc1)c1nc(c(-c3ccccc3)c3ccc([nH]3)c2-c2ccccc2)C=C1.[Cl][Fe][Cl]. The van der Waals surface area contributed by atoms with Gasteiger partial charge in [-0.05, 0) is 70.8 Å². The Morgan fingerprint density at radius 2 is 0.549 bits per heavy atom. The number of hydrogen-bond acceptors (Lipinski definition) is 2. The van der Waals surface area contributed by atoms with Crippen LogP contribution in [-0.2, 0) is 13.1 Å². The Balaban J connectivity index is 0.00000121. The molecule has 51 heavy (non-hydrogen) atoms. The first-order valence-corrected chi connectivity index (χ1v) is 19.5. The van der Waals surface area contributed by atoms with Crippen LogP contribution in [0.2, 0.25) is 0 Å². The summed E-state index contributed by atoms with van der Waals surface area (Å²) in [6.07, 6.45) is 8.54. The van der Waals surface area contributed by atoms with Gasteiger partial charge in [-0.3, -0.25) is 0 Å². The van der Waals surface area contributed by atoms with Crippen LogP contribution >= 0.6 is 20.2 Å². The van der Waals surface area contributed by atoms with Gasteiger partial charge in [-0.1, -0.05) is 121 Å². The molecular formula is C44H30Cl2FeN4. The van der Waals surface area contributed by atoms with Gasteiger partial charge in [-0.15, -0.1) is 0 Å². The van der Waals surface area contributed by atoms with Gasteiger partial charge < -0.3 is 9.97 Å². The molecule has 0 fully saturated rings. The van der Waals surface area contributed by atoms with E-state index in [0.29, 0.717) is 0 Å². The third-order valence-corrected chi connectivity index (χ3v) is 9.00. The predicted molar refractivity (Wildman–Crippen MR) is 212 cm³/mol. The van der Waals surface area contributed by atoms with Gasteiger partial charge in [0.15, 0.2) is 0 Å². The van der Waals surface area contributed by atoms with Crippen molar-refractivity contribution < 1.29 is 13.1 Å². The van der Waals surface area contributed by atoms with Crippen molar-refractivity contribution in [1.29, 1.82) is 0 Å². The zero-order chi connectivity index (χ0) is 34.6. The van der Waals surface area contributed by atoms with Crippen LogP contribution < -0.4 is 0 Å². The standard InChI is InChI=1S/C44H30N4.2ClH.Fe/c1-5-13-29(14-6-1)41-33-21-23-35(45-33)42(30-15-7-2-8-16-30)37-25-27-39(47-37)44(32-19-11-4-12-20-32)40-28-26-38(48-40)43(31-17-9-3-10-18-31)36-24-22-34(41)46-36;;;/h1-28,45,48H;2*1H;/q;;;+2/p-2. The van der Waals surface area contributed by atoms with E-state index in [-0.39, 0.29) is 13.1 Å². The summed E-state index contributed by atoms with van der Waals surface area (Å²) < 4.78 is 0. The van der Waals surface area contributed by atoms with Crippen LogP contribution in [0.1, 0.15) is 22.8 Å². The fourth-order valence-electron chi connectivity index (χ4n) is 6.84. The van der Waals surface area contributed by atoms with E-state index < -0.39 is 0 Å². The fourth-order valence-corrected chi connectivity index (χ4v) is 6.84. The third kappa shape index (κ3) is 6.61. The number of aromatic amines is 2. The number of fused-ring (bicyclic) bond motifs is 8. The molecule has 5 heterocycles. The monoisotopic (exact) mass is 740 g/mol. The van der Waals surface area contributed by atoms with Gasteiger partial charge in [0.25, 0.3) is 0 Å². The number of nitrogens with zero attached hydrogens (tertiary/aromatic N) is 2. The zero-order valence-corrected chi connectivity index (χ0v) is 29.8. The molecule has 0 atom stereocenters. The molecule has 248 valence electrons. The van der Waals surface area contributed by atoms with Crippen LogP contribution in [-0.4, -0.2) is 19.9 Å². The third-order valence-electron chi connectivity index (χ3n) is 9.00. The van der Waals surface area contributed by atoms with Crippen molar-refractivity contribution in [2.45, 2.75) is 0 Å². The van der Waals surface area contributed by atoms with E-state index in [4.69, 9.17) is 30.2 Å². The molecule has 7 aromatic rings. The molecule has 2 N–H and O–H groups in total. The molecule has 4 nitrogen and oxygen atoms in total. The van der Waals surface area contributed by atoms with Crippen LogP contribution in [0.4, 0.5) is 0 Å². The second-order valence-electron chi connectivity index (χ2n) is 12.0. The first-order valence-electron chi connectivity index (χ1n) is 16.4. The van der Waals surface area contributed by atoms with E-state index in [0.717, 1.165) is 89.4 Å². The van der Waals surface area contributed by atoms with Crippen molar-refractivity contribution in [1.82, 2.24) is 19.9 Å². The van der Waals surface area contributed by atoms with Gasteiger partial charge in [-0.25, -0.2) is 9.97 Å². The van der Waals surface area contributed by atoms with Crippen LogP contribution in [0.3, 0.4) is 0 Å². The van der Waals surface area contributed by atoms with Crippen molar-refractivity contribution in [2.24, 2.45) is 0 Å². The fraction of sp³-hybridized carbons (Fsp3) is 0. The Bertz CT molecular complexity index is 2210. The first kappa shape index (κ1) is 32.8. The molecule has 0 saturated carbocycles. The van der Waals surface area contributed by atoms with E-state index >= 15 is 0 Å². The van der Waals surface area contributed by atoms with Crippen LogP contribution in [0, 0.1) is 0 Å². The molecule has 4 aromatic carbocycles. The quantitative estimate of drug-likeness (QED) is 0.177. The topological polar surface area (TPSA) is 57.4 Å². The number of rotatable bonds is 4. The Labute approximate surface area is 310 Å². The van der Waals surface area contributed by atoms with Crippen molar-refractivity contribution in [2.75, 3.05) is 0 Å². The molecule has 0 spiro atoms. The summed E-state index contributed by atoms with van der Waals surface area (Å²) in [5, 5.41) is 0.